The summed E-state index contributed by atoms with van der Waals surface area (Å²) in [5.74, 6) is -0.564. The van der Waals surface area contributed by atoms with Crippen LogP contribution in [-0.4, -0.2) is 22.1 Å². The largest absolute Gasteiger partial charge is 0.372 e. The molecule has 0 bridgehead atoms. The highest BCUT2D eigenvalue weighted by molar-refractivity contribution is 7.88. The number of nitrogens with one attached hydrogen (secondary N) is 1. The first-order chi connectivity index (χ1) is 11.3. The molecule has 0 heterocycles. The molecule has 0 aliphatic heterocycles. The normalized spacial score (nSPS) is 14.3. The number of methoxy groups -OCH3 is 1. The van der Waals surface area contributed by atoms with Crippen LogP contribution in [0.1, 0.15) is 23.6 Å². The summed E-state index contributed by atoms with van der Waals surface area (Å²) in [5.41, 5.74) is 0.916. The van der Waals surface area contributed by atoms with E-state index < -0.39 is 21.4 Å². The summed E-state index contributed by atoms with van der Waals surface area (Å²) in [4.78, 5) is 0. The lowest BCUT2D eigenvalue weighted by Gasteiger charge is -2.29. The highest BCUT2D eigenvalue weighted by Gasteiger charge is 2.30. The third-order valence-electron chi connectivity index (χ3n) is 3.96. The molecule has 0 amide bonds. The number of halogens is 1. The van der Waals surface area contributed by atoms with Crippen molar-refractivity contribution < 1.29 is 17.5 Å². The Morgan fingerprint density at radius 3 is 2.50 bits per heavy atom. The Kier molecular flexibility index (Phi) is 5.74. The number of rotatable bonds is 7. The van der Waals surface area contributed by atoms with Crippen LogP contribution in [0.4, 0.5) is 4.39 Å². The van der Waals surface area contributed by atoms with Crippen LogP contribution in [0, 0.1) is 12.7 Å². The van der Waals surface area contributed by atoms with Gasteiger partial charge < -0.3 is 4.74 Å². The SMILES string of the molecule is COC(C)(CNS(=O)(=O)Cc1cccc(C)c1)c1ccccc1F. The molecule has 1 N–H and O–H groups in total. The zero-order valence-corrected chi connectivity index (χ0v) is 14.9. The lowest BCUT2D eigenvalue weighted by Crippen LogP contribution is -2.41. The average molecular weight is 351 g/mol. The fourth-order valence-electron chi connectivity index (χ4n) is 2.49. The van der Waals surface area contributed by atoms with Crippen molar-refractivity contribution in [1.82, 2.24) is 4.72 Å². The van der Waals surface area contributed by atoms with Crippen LogP contribution < -0.4 is 4.72 Å². The Bertz CT molecular complexity index is 807. The van der Waals surface area contributed by atoms with Crippen LogP contribution in [-0.2, 0) is 26.1 Å². The van der Waals surface area contributed by atoms with Gasteiger partial charge in [-0.05, 0) is 25.5 Å². The van der Waals surface area contributed by atoms with E-state index in [4.69, 9.17) is 4.74 Å². The van der Waals surface area contributed by atoms with E-state index in [9.17, 15) is 12.8 Å². The molecule has 0 aliphatic rings. The first-order valence-electron chi connectivity index (χ1n) is 7.59. The molecular formula is C18H22FNO3S. The maximum Gasteiger partial charge on any atom is 0.215 e. The first kappa shape index (κ1) is 18.6. The van der Waals surface area contributed by atoms with Gasteiger partial charge in [0, 0.05) is 19.2 Å². The van der Waals surface area contributed by atoms with E-state index in [2.05, 4.69) is 4.72 Å². The second-order valence-corrected chi connectivity index (χ2v) is 7.79. The van der Waals surface area contributed by atoms with Crippen molar-refractivity contribution in [2.45, 2.75) is 25.2 Å². The molecule has 0 radical (unpaired) electrons. The number of ether oxygens (including phenoxy) is 1. The van der Waals surface area contributed by atoms with Gasteiger partial charge in [-0.3, -0.25) is 0 Å². The highest BCUT2D eigenvalue weighted by atomic mass is 32.2. The van der Waals surface area contributed by atoms with E-state index in [1.807, 2.05) is 25.1 Å². The molecule has 2 aromatic rings. The summed E-state index contributed by atoms with van der Waals surface area (Å²) in [7, 11) is -2.14. The number of aryl methyl sites for hydroxylation is 1. The van der Waals surface area contributed by atoms with Crippen LogP contribution in [0.2, 0.25) is 0 Å². The molecule has 0 saturated heterocycles. The van der Waals surface area contributed by atoms with Gasteiger partial charge in [0.2, 0.25) is 10.0 Å². The van der Waals surface area contributed by atoms with E-state index in [1.54, 1.807) is 31.2 Å². The van der Waals surface area contributed by atoms with Crippen molar-refractivity contribution in [1.29, 1.82) is 0 Å². The van der Waals surface area contributed by atoms with Crippen molar-refractivity contribution in [3.05, 3.63) is 71.0 Å². The Hall–Kier alpha value is -1.76. The molecule has 0 saturated carbocycles. The summed E-state index contributed by atoms with van der Waals surface area (Å²) in [6.07, 6.45) is 0. The van der Waals surface area contributed by atoms with Gasteiger partial charge in [-0.25, -0.2) is 17.5 Å². The van der Waals surface area contributed by atoms with Gasteiger partial charge in [-0.2, -0.15) is 0 Å². The van der Waals surface area contributed by atoms with Gasteiger partial charge >= 0.3 is 0 Å². The third kappa shape index (κ3) is 4.63. The second kappa shape index (κ2) is 7.42. The standard InChI is InChI=1S/C18H22FNO3S/c1-14-7-6-8-15(11-14)12-24(21,22)20-13-18(2,23-3)16-9-4-5-10-17(16)19/h4-11,20H,12-13H2,1-3H3. The summed E-state index contributed by atoms with van der Waals surface area (Å²) in [6.45, 7) is 3.50. The number of benzene rings is 2. The van der Waals surface area contributed by atoms with Gasteiger partial charge in [0.1, 0.15) is 11.4 Å². The van der Waals surface area contributed by atoms with Crippen molar-refractivity contribution in [3.8, 4) is 0 Å². The van der Waals surface area contributed by atoms with Crippen molar-refractivity contribution >= 4 is 10.0 Å². The predicted molar refractivity (Wildman–Crippen MR) is 92.6 cm³/mol. The Morgan fingerprint density at radius 2 is 1.88 bits per heavy atom. The molecule has 1 unspecified atom stereocenters. The van der Waals surface area contributed by atoms with E-state index in [0.29, 0.717) is 11.1 Å². The lowest BCUT2D eigenvalue weighted by molar-refractivity contribution is 0.00409. The van der Waals surface area contributed by atoms with Gasteiger partial charge in [0.15, 0.2) is 0 Å². The van der Waals surface area contributed by atoms with Gasteiger partial charge in [0.05, 0.1) is 5.75 Å². The minimum absolute atomic E-state index is 0.0570. The number of hydrogen-bond donors (Lipinski definition) is 1. The monoisotopic (exact) mass is 351 g/mol. The van der Waals surface area contributed by atoms with Crippen LogP contribution in [0.25, 0.3) is 0 Å². The molecule has 0 aliphatic carbocycles. The topological polar surface area (TPSA) is 55.4 Å². The lowest BCUT2D eigenvalue weighted by atomic mass is 9.95. The predicted octanol–water partition coefficient (Wildman–Crippen LogP) is 3.12. The molecular weight excluding hydrogens is 329 g/mol. The zero-order valence-electron chi connectivity index (χ0n) is 14.0. The van der Waals surface area contributed by atoms with Crippen LogP contribution >= 0.6 is 0 Å². The van der Waals surface area contributed by atoms with Crippen LogP contribution in [0.15, 0.2) is 48.5 Å². The van der Waals surface area contributed by atoms with Crippen LogP contribution in [0.3, 0.4) is 0 Å². The van der Waals surface area contributed by atoms with Crippen molar-refractivity contribution in [2.75, 3.05) is 13.7 Å². The third-order valence-corrected chi connectivity index (χ3v) is 5.26. The van der Waals surface area contributed by atoms with E-state index in [1.165, 1.54) is 13.2 Å². The van der Waals surface area contributed by atoms with E-state index >= 15 is 0 Å². The van der Waals surface area contributed by atoms with Crippen LogP contribution in [0.5, 0.6) is 0 Å². The molecule has 130 valence electrons. The summed E-state index contributed by atoms with van der Waals surface area (Å²) >= 11 is 0. The minimum atomic E-state index is -3.57. The summed E-state index contributed by atoms with van der Waals surface area (Å²) in [5, 5.41) is 0. The van der Waals surface area contributed by atoms with Gasteiger partial charge in [0.25, 0.3) is 0 Å². The average Bonchev–Trinajstić information content (AvgIpc) is 2.53. The van der Waals surface area contributed by atoms with E-state index in [0.717, 1.165) is 5.56 Å². The Balaban J connectivity index is 2.13. The quantitative estimate of drug-likeness (QED) is 0.834. The van der Waals surface area contributed by atoms with Crippen molar-refractivity contribution in [3.63, 3.8) is 0 Å². The molecule has 24 heavy (non-hydrogen) atoms. The van der Waals surface area contributed by atoms with E-state index in [-0.39, 0.29) is 12.3 Å². The maximum atomic E-state index is 14.0. The molecule has 4 nitrogen and oxygen atoms in total. The van der Waals surface area contributed by atoms with Gasteiger partial charge in [-0.1, -0.05) is 48.0 Å². The molecule has 1 atom stereocenters. The zero-order chi connectivity index (χ0) is 17.8. The number of hydrogen-bond acceptors (Lipinski definition) is 3. The smallest absolute Gasteiger partial charge is 0.215 e. The molecule has 2 aromatic carbocycles. The summed E-state index contributed by atoms with van der Waals surface area (Å²) < 4.78 is 46.6. The molecule has 0 spiro atoms. The number of sulfonamides is 1. The fourth-order valence-corrected chi connectivity index (χ4v) is 3.70. The second-order valence-electron chi connectivity index (χ2n) is 5.98. The Labute approximate surface area is 142 Å². The molecule has 2 rings (SSSR count). The minimum Gasteiger partial charge on any atom is -0.372 e. The van der Waals surface area contributed by atoms with Gasteiger partial charge in [-0.15, -0.1) is 0 Å². The Morgan fingerprint density at radius 1 is 1.17 bits per heavy atom. The molecule has 0 aromatic heterocycles. The van der Waals surface area contributed by atoms with Crippen molar-refractivity contribution in [2.24, 2.45) is 0 Å². The highest BCUT2D eigenvalue weighted by Crippen LogP contribution is 2.26. The summed E-state index contributed by atoms with van der Waals surface area (Å²) in [6, 6.07) is 13.5. The molecule has 6 heteroatoms. The fraction of sp³-hybridized carbons (Fsp3) is 0.333. The maximum absolute atomic E-state index is 14.0. The first-order valence-corrected chi connectivity index (χ1v) is 9.24. The molecule has 0 fully saturated rings.